The molecule has 0 saturated carbocycles. The summed E-state index contributed by atoms with van der Waals surface area (Å²) in [5.74, 6) is 1.99. The maximum atomic E-state index is 6.75. The Morgan fingerprint density at radius 3 is 2.11 bits per heavy atom. The van der Waals surface area contributed by atoms with Gasteiger partial charge in [-0.3, -0.25) is 0 Å². The van der Waals surface area contributed by atoms with E-state index in [0.29, 0.717) is 17.5 Å². The van der Waals surface area contributed by atoms with Crippen LogP contribution in [0.15, 0.2) is 168 Å². The number of rotatable bonds is 5. The van der Waals surface area contributed by atoms with Crippen molar-refractivity contribution in [1.82, 2.24) is 15.0 Å². The summed E-state index contributed by atoms with van der Waals surface area (Å²) in [6.07, 6.45) is 4.28. The van der Waals surface area contributed by atoms with Gasteiger partial charge in [-0.15, -0.1) is 11.3 Å². The average molecular weight is 710 g/mol. The number of hydrogen-bond donors (Lipinski definition) is 0. The third-order valence-corrected chi connectivity index (χ3v) is 11.8. The van der Waals surface area contributed by atoms with Crippen molar-refractivity contribution in [3.05, 3.63) is 180 Å². The predicted molar refractivity (Wildman–Crippen MR) is 224 cm³/mol. The van der Waals surface area contributed by atoms with E-state index in [0.717, 1.165) is 73.7 Å². The van der Waals surface area contributed by atoms with Gasteiger partial charge in [0.15, 0.2) is 17.5 Å². The third-order valence-electron chi connectivity index (χ3n) is 10.6. The second kappa shape index (κ2) is 12.5. The van der Waals surface area contributed by atoms with Crippen LogP contribution >= 0.6 is 11.3 Å². The van der Waals surface area contributed by atoms with Crippen LogP contribution in [-0.2, 0) is 6.42 Å². The topological polar surface area (TPSA) is 51.8 Å². The first-order valence-electron chi connectivity index (χ1n) is 18.3. The molecule has 0 unspecified atom stereocenters. The molecule has 4 nitrogen and oxygen atoms in total. The molecule has 10 aromatic rings. The molecule has 0 saturated heterocycles. The summed E-state index contributed by atoms with van der Waals surface area (Å²) in [6, 6.07) is 55.3. The van der Waals surface area contributed by atoms with Crippen molar-refractivity contribution in [2.24, 2.45) is 0 Å². The maximum Gasteiger partial charge on any atom is 0.164 e. The number of nitrogens with zero attached hydrogens (tertiary/aromatic N) is 3. The highest BCUT2D eigenvalue weighted by Gasteiger charge is 2.25. The lowest BCUT2D eigenvalue weighted by Gasteiger charge is -2.17. The second-order valence-corrected chi connectivity index (χ2v) is 14.9. The van der Waals surface area contributed by atoms with Crippen LogP contribution in [0.2, 0.25) is 0 Å². The Morgan fingerprint density at radius 2 is 1.20 bits per heavy atom. The van der Waals surface area contributed by atoms with Gasteiger partial charge in [0, 0.05) is 53.6 Å². The Kier molecular flexibility index (Phi) is 7.13. The van der Waals surface area contributed by atoms with E-state index < -0.39 is 0 Å². The van der Waals surface area contributed by atoms with Gasteiger partial charge in [0.05, 0.1) is 0 Å². The molecule has 1 aliphatic carbocycles. The second-order valence-electron chi connectivity index (χ2n) is 13.8. The minimum Gasteiger partial charge on any atom is -0.455 e. The number of allylic oxidation sites excluding steroid dienone is 1. The number of aromatic nitrogens is 3. The molecule has 3 heterocycles. The molecule has 11 rings (SSSR count). The van der Waals surface area contributed by atoms with Crippen LogP contribution in [0.25, 0.3) is 93.4 Å². The van der Waals surface area contributed by atoms with E-state index in [2.05, 4.69) is 140 Å². The van der Waals surface area contributed by atoms with Crippen molar-refractivity contribution in [3.8, 4) is 45.0 Å². The van der Waals surface area contributed by atoms with E-state index in [4.69, 9.17) is 19.4 Å². The molecule has 254 valence electrons. The van der Waals surface area contributed by atoms with Gasteiger partial charge in [-0.2, -0.15) is 0 Å². The molecule has 0 N–H and O–H groups in total. The summed E-state index contributed by atoms with van der Waals surface area (Å²) < 4.78 is 8.04. The van der Waals surface area contributed by atoms with Gasteiger partial charge in [0.2, 0.25) is 0 Å². The minimum atomic E-state index is 0.640. The van der Waals surface area contributed by atoms with Crippen LogP contribution in [0.4, 0.5) is 0 Å². The zero-order valence-electron chi connectivity index (χ0n) is 29.2. The summed E-state index contributed by atoms with van der Waals surface area (Å²) in [5.41, 5.74) is 10.2. The van der Waals surface area contributed by atoms with Crippen LogP contribution < -0.4 is 0 Å². The molecule has 0 bridgehead atoms. The fourth-order valence-electron chi connectivity index (χ4n) is 8.10. The summed E-state index contributed by atoms with van der Waals surface area (Å²) in [4.78, 5) is 17.1. The number of fused-ring (bicyclic) bond motifs is 7. The Hall–Kier alpha value is -6.69. The van der Waals surface area contributed by atoms with E-state index in [1.54, 1.807) is 0 Å². The molecular weight excluding hydrogens is 679 g/mol. The van der Waals surface area contributed by atoms with E-state index in [9.17, 15) is 0 Å². The number of benzene rings is 7. The van der Waals surface area contributed by atoms with Crippen molar-refractivity contribution in [2.75, 3.05) is 0 Å². The summed E-state index contributed by atoms with van der Waals surface area (Å²) in [6.45, 7) is 0. The SMILES string of the molecule is C1=C(c2nc(-c3ccccc3)nc(-c3ccccc3-c3ccc(-c4ccc5ccccc5c4)c4oc5ccccc5c34)n2)c2c(sc3ccccc23)CC1. The Bertz CT molecular complexity index is 3120. The highest BCUT2D eigenvalue weighted by molar-refractivity contribution is 7.19. The predicted octanol–water partition coefficient (Wildman–Crippen LogP) is 13.2. The Labute approximate surface area is 315 Å². The largest absolute Gasteiger partial charge is 0.455 e. The van der Waals surface area contributed by atoms with Crippen molar-refractivity contribution < 1.29 is 4.42 Å². The number of aryl methyl sites for hydroxylation is 1. The van der Waals surface area contributed by atoms with Crippen molar-refractivity contribution in [2.45, 2.75) is 12.8 Å². The van der Waals surface area contributed by atoms with Crippen LogP contribution in [0.5, 0.6) is 0 Å². The van der Waals surface area contributed by atoms with Crippen molar-refractivity contribution >= 4 is 59.7 Å². The van der Waals surface area contributed by atoms with Gasteiger partial charge < -0.3 is 4.42 Å². The molecule has 0 radical (unpaired) electrons. The smallest absolute Gasteiger partial charge is 0.164 e. The highest BCUT2D eigenvalue weighted by atomic mass is 32.1. The first-order chi connectivity index (χ1) is 26.8. The maximum absolute atomic E-state index is 6.75. The normalized spacial score (nSPS) is 12.8. The molecular formula is C49H31N3OS. The first kappa shape index (κ1) is 30.9. The van der Waals surface area contributed by atoms with Gasteiger partial charge in [-0.05, 0) is 64.6 Å². The molecule has 1 aliphatic rings. The van der Waals surface area contributed by atoms with Gasteiger partial charge in [-0.1, -0.05) is 140 Å². The molecule has 54 heavy (non-hydrogen) atoms. The Morgan fingerprint density at radius 1 is 0.500 bits per heavy atom. The zero-order valence-corrected chi connectivity index (χ0v) is 30.0. The molecule has 0 spiro atoms. The fraction of sp³-hybridized carbons (Fsp3) is 0.0408. The van der Waals surface area contributed by atoms with Gasteiger partial charge in [0.25, 0.3) is 0 Å². The van der Waals surface area contributed by atoms with Crippen LogP contribution in [-0.4, -0.2) is 15.0 Å². The molecule has 0 aliphatic heterocycles. The lowest BCUT2D eigenvalue weighted by molar-refractivity contribution is 0.670. The van der Waals surface area contributed by atoms with E-state index in [1.807, 2.05) is 35.6 Å². The molecule has 0 atom stereocenters. The van der Waals surface area contributed by atoms with Gasteiger partial charge in [0.1, 0.15) is 11.2 Å². The Balaban J connectivity index is 1.14. The lowest BCUT2D eigenvalue weighted by Crippen LogP contribution is -2.06. The monoisotopic (exact) mass is 709 g/mol. The van der Waals surface area contributed by atoms with Crippen molar-refractivity contribution in [3.63, 3.8) is 0 Å². The quantitative estimate of drug-likeness (QED) is 0.178. The van der Waals surface area contributed by atoms with E-state index in [-0.39, 0.29) is 0 Å². The van der Waals surface area contributed by atoms with Crippen LogP contribution in [0.3, 0.4) is 0 Å². The van der Waals surface area contributed by atoms with Crippen LogP contribution in [0, 0.1) is 0 Å². The molecule has 3 aromatic heterocycles. The van der Waals surface area contributed by atoms with Crippen LogP contribution in [0.1, 0.15) is 22.7 Å². The molecule has 0 amide bonds. The minimum absolute atomic E-state index is 0.640. The van der Waals surface area contributed by atoms with E-state index in [1.165, 1.54) is 31.3 Å². The van der Waals surface area contributed by atoms with Crippen molar-refractivity contribution in [1.29, 1.82) is 0 Å². The van der Waals surface area contributed by atoms with E-state index >= 15 is 0 Å². The first-order valence-corrected chi connectivity index (χ1v) is 19.1. The summed E-state index contributed by atoms with van der Waals surface area (Å²) >= 11 is 1.88. The highest BCUT2D eigenvalue weighted by Crippen LogP contribution is 2.45. The average Bonchev–Trinajstić information content (AvgIpc) is 3.83. The summed E-state index contributed by atoms with van der Waals surface area (Å²) in [7, 11) is 0. The zero-order chi connectivity index (χ0) is 35.6. The third kappa shape index (κ3) is 5.01. The molecule has 7 aromatic carbocycles. The number of furan rings is 1. The number of hydrogen-bond acceptors (Lipinski definition) is 5. The molecule has 5 heteroatoms. The molecule has 0 fully saturated rings. The number of para-hydroxylation sites is 1. The standard InChI is InChI=1S/C49H31N3OS/c1-2-14-31(15-3-1)47-50-48(52-49(51-47)40-21-12-24-43-44(40)39-20-9-11-23-42(39)54-43)37-18-7-6-17-35(37)36-28-27-34(33-26-25-30-13-4-5-16-32(30)29-33)46-45(36)38-19-8-10-22-41(38)53-46/h1-11,13-23,25-29H,12,24H2. The van der Waals surface area contributed by atoms with Gasteiger partial charge in [-0.25, -0.2) is 15.0 Å². The number of thiophene rings is 1. The lowest BCUT2D eigenvalue weighted by atomic mass is 9.91. The summed E-state index contributed by atoms with van der Waals surface area (Å²) in [5, 5.41) is 5.82. The fourth-order valence-corrected chi connectivity index (χ4v) is 9.34. The van der Waals surface area contributed by atoms with Gasteiger partial charge >= 0.3 is 0 Å².